The Kier molecular flexibility index (Phi) is 9.43. The second kappa shape index (κ2) is 12.3. The van der Waals surface area contributed by atoms with Crippen LogP contribution in [-0.4, -0.2) is 54.3 Å². The molecule has 200 valence electrons. The van der Waals surface area contributed by atoms with Gasteiger partial charge in [0.25, 0.3) is 5.91 Å². The first-order valence-electron chi connectivity index (χ1n) is 12.7. The number of halogens is 1. The van der Waals surface area contributed by atoms with Gasteiger partial charge in [-0.1, -0.05) is 45.4 Å². The van der Waals surface area contributed by atoms with Gasteiger partial charge in [-0.25, -0.2) is 9.40 Å². The fourth-order valence-corrected chi connectivity index (χ4v) is 5.00. The van der Waals surface area contributed by atoms with Crippen molar-refractivity contribution < 1.29 is 18.8 Å². The van der Waals surface area contributed by atoms with Gasteiger partial charge in [0.2, 0.25) is 5.91 Å². The minimum absolute atomic E-state index is 0. The first-order valence-corrected chi connectivity index (χ1v) is 12.7. The average Bonchev–Trinajstić information content (AvgIpc) is 3.45. The summed E-state index contributed by atoms with van der Waals surface area (Å²) in [6.45, 7) is 5.37. The fraction of sp³-hybridized carbons (Fsp3) is 0.483. The molecule has 37 heavy (non-hydrogen) atoms. The minimum atomic E-state index is -0.268. The second-order valence-corrected chi connectivity index (χ2v) is 9.75. The van der Waals surface area contributed by atoms with Crippen LogP contribution in [0.5, 0.6) is 0 Å². The Hall–Kier alpha value is -3.26. The van der Waals surface area contributed by atoms with E-state index in [2.05, 4.69) is 12.2 Å². The zero-order valence-electron chi connectivity index (χ0n) is 21.4. The van der Waals surface area contributed by atoms with Crippen molar-refractivity contribution in [1.29, 1.82) is 0 Å². The number of likely N-dealkylation sites (N-methyl/N-ethyl adjacent to an activating group) is 1. The van der Waals surface area contributed by atoms with Crippen LogP contribution in [0.3, 0.4) is 0 Å². The summed E-state index contributed by atoms with van der Waals surface area (Å²) in [6.07, 6.45) is 4.22. The normalized spacial score (nSPS) is 14.1. The molecule has 0 radical (unpaired) electrons. The van der Waals surface area contributed by atoms with E-state index in [4.69, 9.17) is 0 Å². The molecule has 0 aromatic heterocycles. The molecule has 0 spiro atoms. The van der Waals surface area contributed by atoms with Gasteiger partial charge in [0.15, 0.2) is 5.78 Å². The van der Waals surface area contributed by atoms with E-state index in [1.165, 1.54) is 11.1 Å². The highest BCUT2D eigenvalue weighted by molar-refractivity contribution is 6.01. The number of fused-ring (bicyclic) bond motifs is 2. The van der Waals surface area contributed by atoms with Crippen LogP contribution in [0.15, 0.2) is 30.3 Å². The lowest BCUT2D eigenvalue weighted by Crippen LogP contribution is -2.48. The Morgan fingerprint density at radius 1 is 1.08 bits per heavy atom. The Morgan fingerprint density at radius 2 is 1.86 bits per heavy atom. The third kappa shape index (κ3) is 6.36. The number of benzene rings is 2. The van der Waals surface area contributed by atoms with Crippen LogP contribution in [-0.2, 0) is 29.1 Å². The van der Waals surface area contributed by atoms with Crippen LogP contribution < -0.4 is 10.2 Å². The van der Waals surface area contributed by atoms with E-state index in [1.807, 2.05) is 25.1 Å². The number of anilines is 1. The van der Waals surface area contributed by atoms with Crippen molar-refractivity contribution in [2.75, 3.05) is 31.6 Å². The molecule has 0 saturated heterocycles. The van der Waals surface area contributed by atoms with E-state index in [-0.39, 0.29) is 43.9 Å². The summed E-state index contributed by atoms with van der Waals surface area (Å²) >= 11 is 0. The van der Waals surface area contributed by atoms with Crippen LogP contribution in [0.4, 0.5) is 10.1 Å². The smallest absolute Gasteiger partial charge is 0.256 e. The summed E-state index contributed by atoms with van der Waals surface area (Å²) < 4.78 is 14.2. The summed E-state index contributed by atoms with van der Waals surface area (Å²) in [5.74, 6) is -0.553. The molecule has 2 aliphatic rings. The van der Waals surface area contributed by atoms with E-state index in [1.54, 1.807) is 23.0 Å². The predicted octanol–water partition coefficient (Wildman–Crippen LogP) is 4.40. The zero-order valence-corrected chi connectivity index (χ0v) is 21.4. The molecule has 8 heteroatoms. The fourth-order valence-electron chi connectivity index (χ4n) is 5.00. The summed E-state index contributed by atoms with van der Waals surface area (Å²) in [5.41, 5.74) is 4.80. The molecular weight excluding hydrogens is 471 g/mol. The monoisotopic (exact) mass is 510 g/mol. The maximum atomic E-state index is 14.2. The van der Waals surface area contributed by atoms with Crippen molar-refractivity contribution in [1.82, 2.24) is 15.3 Å². The van der Waals surface area contributed by atoms with E-state index in [9.17, 15) is 18.8 Å². The lowest BCUT2D eigenvalue weighted by Gasteiger charge is -2.32. The second-order valence-electron chi connectivity index (χ2n) is 9.75. The van der Waals surface area contributed by atoms with Crippen LogP contribution in [0.1, 0.15) is 72.6 Å². The standard InChI is InChI=1S/C28H35FN4O3.CH4/c1-4-5-6-12-30-27(35)17-32(25-14-22-20(13-19(25)2)10-11-26(22)34)18-28(36)31(3)33-15-21-8-7-9-24(29)23(21)16-33;/h7-9,13-14H,4-6,10-12,15-18H2,1-3H3,(H,30,35);1H4. The molecule has 0 atom stereocenters. The highest BCUT2D eigenvalue weighted by atomic mass is 19.1. The number of ketones is 1. The predicted molar refractivity (Wildman–Crippen MR) is 144 cm³/mol. The third-order valence-electron chi connectivity index (χ3n) is 7.14. The number of hydrogen-bond acceptors (Lipinski definition) is 5. The topological polar surface area (TPSA) is 73.0 Å². The number of unbranched alkanes of at least 4 members (excludes halogenated alkanes) is 2. The van der Waals surface area contributed by atoms with Crippen molar-refractivity contribution in [2.24, 2.45) is 0 Å². The van der Waals surface area contributed by atoms with Crippen LogP contribution in [0.25, 0.3) is 0 Å². The molecular formula is C29H39FN4O3. The highest BCUT2D eigenvalue weighted by Gasteiger charge is 2.29. The Morgan fingerprint density at radius 3 is 2.59 bits per heavy atom. The number of rotatable bonds is 10. The quantitative estimate of drug-likeness (QED) is 0.480. The number of nitrogens with one attached hydrogen (secondary N) is 1. The number of carbonyl (C=O) groups is 3. The van der Waals surface area contributed by atoms with Gasteiger partial charge in [-0.05, 0) is 48.6 Å². The van der Waals surface area contributed by atoms with E-state index < -0.39 is 0 Å². The molecule has 1 aliphatic heterocycles. The minimum Gasteiger partial charge on any atom is -0.355 e. The van der Waals surface area contributed by atoms with E-state index in [0.717, 1.165) is 42.4 Å². The summed E-state index contributed by atoms with van der Waals surface area (Å²) in [6, 6.07) is 8.81. The first-order chi connectivity index (χ1) is 17.3. The highest BCUT2D eigenvalue weighted by Crippen LogP contribution is 2.31. The van der Waals surface area contributed by atoms with Crippen molar-refractivity contribution in [3.63, 3.8) is 0 Å². The SMILES string of the molecule is C.CCCCCNC(=O)CN(CC(=O)N(C)N1Cc2cccc(F)c2C1)c1cc2c(cc1C)CCC2=O. The van der Waals surface area contributed by atoms with Crippen LogP contribution >= 0.6 is 0 Å². The Bertz CT molecular complexity index is 1170. The third-order valence-corrected chi connectivity index (χ3v) is 7.14. The lowest BCUT2D eigenvalue weighted by molar-refractivity contribution is -0.145. The van der Waals surface area contributed by atoms with Gasteiger partial charge in [0, 0.05) is 49.9 Å². The molecule has 0 bridgehead atoms. The maximum Gasteiger partial charge on any atom is 0.256 e. The molecule has 2 amide bonds. The molecule has 2 aromatic rings. The van der Waals surface area contributed by atoms with E-state index >= 15 is 0 Å². The van der Waals surface area contributed by atoms with Gasteiger partial charge in [0.1, 0.15) is 5.82 Å². The number of hydrogen-bond donors (Lipinski definition) is 1. The Labute approximate surface area is 219 Å². The first kappa shape index (κ1) is 28.3. The van der Waals surface area contributed by atoms with Gasteiger partial charge < -0.3 is 10.2 Å². The maximum absolute atomic E-state index is 14.2. The summed E-state index contributed by atoms with van der Waals surface area (Å²) in [5, 5.41) is 6.27. The van der Waals surface area contributed by atoms with Gasteiger partial charge in [-0.15, -0.1) is 0 Å². The molecule has 1 N–H and O–H groups in total. The number of Topliss-reactive ketones (excluding diaryl/α,β-unsaturated/α-hetero) is 1. The molecule has 0 saturated carbocycles. The van der Waals surface area contributed by atoms with Crippen molar-refractivity contribution in [3.05, 3.63) is 64.0 Å². The Balaban J connectivity index is 0.00000380. The number of amides is 2. The molecule has 2 aromatic carbocycles. The number of carbonyl (C=O) groups excluding carboxylic acids is 3. The van der Waals surface area contributed by atoms with Crippen molar-refractivity contribution in [2.45, 2.75) is 66.5 Å². The summed E-state index contributed by atoms with van der Waals surface area (Å²) in [4.78, 5) is 40.3. The molecule has 1 heterocycles. The number of hydrazine groups is 1. The van der Waals surface area contributed by atoms with Gasteiger partial charge in [-0.3, -0.25) is 19.4 Å². The number of aryl methyl sites for hydroxylation is 2. The largest absolute Gasteiger partial charge is 0.355 e. The van der Waals surface area contributed by atoms with E-state index in [0.29, 0.717) is 42.9 Å². The zero-order chi connectivity index (χ0) is 25.8. The molecule has 7 nitrogen and oxygen atoms in total. The van der Waals surface area contributed by atoms with Gasteiger partial charge in [0.05, 0.1) is 13.1 Å². The van der Waals surface area contributed by atoms with Crippen molar-refractivity contribution in [3.8, 4) is 0 Å². The van der Waals surface area contributed by atoms with Crippen molar-refractivity contribution >= 4 is 23.3 Å². The van der Waals surface area contributed by atoms with Crippen LogP contribution in [0.2, 0.25) is 0 Å². The van der Waals surface area contributed by atoms with Crippen LogP contribution in [0, 0.1) is 12.7 Å². The lowest BCUT2D eigenvalue weighted by atomic mass is 10.0. The molecule has 0 fully saturated rings. The number of nitrogens with zero attached hydrogens (tertiary/aromatic N) is 3. The molecule has 0 unspecified atom stereocenters. The van der Waals surface area contributed by atoms with Gasteiger partial charge in [-0.2, -0.15) is 0 Å². The molecule has 4 rings (SSSR count). The average molecular weight is 511 g/mol. The molecule has 1 aliphatic carbocycles. The summed E-state index contributed by atoms with van der Waals surface area (Å²) in [7, 11) is 1.67. The van der Waals surface area contributed by atoms with Gasteiger partial charge >= 0.3 is 0 Å².